The van der Waals surface area contributed by atoms with Gasteiger partial charge in [-0.25, -0.2) is 4.98 Å². The number of aliphatic hydroxyl groups is 2. The third-order valence-corrected chi connectivity index (χ3v) is 1.39. The molecule has 0 aliphatic carbocycles. The van der Waals surface area contributed by atoms with Crippen LogP contribution in [0.5, 0.6) is 0 Å². The maximum atomic E-state index is 10.4. The summed E-state index contributed by atoms with van der Waals surface area (Å²) in [6.45, 7) is 0. The Hall–Kier alpha value is -1.40. The molecule has 0 radical (unpaired) electrons. The lowest BCUT2D eigenvalue weighted by Gasteiger charge is -2.11. The zero-order valence-corrected chi connectivity index (χ0v) is 6.14. The van der Waals surface area contributed by atoms with Crippen molar-refractivity contribution in [3.05, 3.63) is 18.2 Å². The number of imidazole rings is 1. The van der Waals surface area contributed by atoms with E-state index in [1.807, 2.05) is 0 Å². The molecule has 0 aliphatic rings. The van der Waals surface area contributed by atoms with Crippen molar-refractivity contribution in [2.75, 3.05) is 0 Å². The van der Waals surface area contributed by atoms with Crippen LogP contribution in [0, 0.1) is 0 Å². The number of hydrogen-bond donors (Lipinski definition) is 4. The van der Waals surface area contributed by atoms with E-state index >= 15 is 0 Å². The number of amides is 1. The molecule has 1 aromatic heterocycles. The fraction of sp³-hybridized carbons (Fsp3) is 0.333. The number of rotatable bonds is 3. The van der Waals surface area contributed by atoms with Crippen LogP contribution in [-0.2, 0) is 4.79 Å². The van der Waals surface area contributed by atoms with Gasteiger partial charge in [0.2, 0.25) is 5.91 Å². The minimum atomic E-state index is -1.63. The summed E-state index contributed by atoms with van der Waals surface area (Å²) in [6, 6.07) is 0. The van der Waals surface area contributed by atoms with Crippen LogP contribution in [0.3, 0.4) is 0 Å². The van der Waals surface area contributed by atoms with E-state index in [4.69, 9.17) is 10.8 Å². The molecule has 0 saturated carbocycles. The normalized spacial score (nSPS) is 15.5. The van der Waals surface area contributed by atoms with Crippen molar-refractivity contribution >= 4 is 5.91 Å². The summed E-state index contributed by atoms with van der Waals surface area (Å²) in [5, 5.41) is 18.2. The second kappa shape index (κ2) is 3.33. The van der Waals surface area contributed by atoms with E-state index in [9.17, 15) is 9.90 Å². The van der Waals surface area contributed by atoms with Crippen LogP contribution in [0.1, 0.15) is 11.9 Å². The zero-order chi connectivity index (χ0) is 9.14. The van der Waals surface area contributed by atoms with Gasteiger partial charge in [0.1, 0.15) is 11.9 Å². The van der Waals surface area contributed by atoms with Crippen molar-refractivity contribution in [1.82, 2.24) is 9.97 Å². The predicted octanol–water partition coefficient (Wildman–Crippen LogP) is -1.71. The third kappa shape index (κ3) is 1.60. The van der Waals surface area contributed by atoms with Crippen molar-refractivity contribution in [2.45, 2.75) is 12.2 Å². The first-order chi connectivity index (χ1) is 5.63. The molecule has 2 atom stereocenters. The van der Waals surface area contributed by atoms with Gasteiger partial charge in [-0.2, -0.15) is 0 Å². The summed E-state index contributed by atoms with van der Waals surface area (Å²) in [4.78, 5) is 16.6. The van der Waals surface area contributed by atoms with Crippen LogP contribution in [-0.4, -0.2) is 32.2 Å². The molecule has 0 aliphatic heterocycles. The smallest absolute Gasteiger partial charge is 0.249 e. The Morgan fingerprint density at radius 2 is 2.33 bits per heavy atom. The lowest BCUT2D eigenvalue weighted by Crippen LogP contribution is -2.34. The number of nitrogens with zero attached hydrogens (tertiary/aromatic N) is 1. The Balaban J connectivity index is 2.71. The summed E-state index contributed by atoms with van der Waals surface area (Å²) in [5.41, 5.74) is 4.75. The number of aromatic amines is 1. The van der Waals surface area contributed by atoms with Crippen LogP contribution in [0.4, 0.5) is 0 Å². The molecule has 6 nitrogen and oxygen atoms in total. The number of nitrogens with one attached hydrogen (secondary N) is 1. The Morgan fingerprint density at radius 1 is 1.67 bits per heavy atom. The van der Waals surface area contributed by atoms with Gasteiger partial charge in [0.05, 0.1) is 0 Å². The number of carbonyl (C=O) groups is 1. The van der Waals surface area contributed by atoms with Gasteiger partial charge in [0.25, 0.3) is 0 Å². The highest BCUT2D eigenvalue weighted by atomic mass is 16.3. The summed E-state index contributed by atoms with van der Waals surface area (Å²) in [5.74, 6) is -0.875. The molecule has 6 heteroatoms. The summed E-state index contributed by atoms with van der Waals surface area (Å²) in [7, 11) is 0. The van der Waals surface area contributed by atoms with Gasteiger partial charge in [-0.05, 0) is 0 Å². The quantitative estimate of drug-likeness (QED) is 0.433. The van der Waals surface area contributed by atoms with Gasteiger partial charge < -0.3 is 20.9 Å². The molecule has 1 aromatic rings. The summed E-state index contributed by atoms with van der Waals surface area (Å²) < 4.78 is 0. The van der Waals surface area contributed by atoms with E-state index in [-0.39, 0.29) is 5.82 Å². The molecule has 5 N–H and O–H groups in total. The first kappa shape index (κ1) is 8.69. The molecule has 0 aromatic carbocycles. The Bertz CT molecular complexity index is 259. The zero-order valence-electron chi connectivity index (χ0n) is 6.14. The van der Waals surface area contributed by atoms with Crippen molar-refractivity contribution in [3.8, 4) is 0 Å². The molecular weight excluding hydrogens is 162 g/mol. The molecule has 0 spiro atoms. The number of H-pyrrole nitrogens is 1. The average Bonchev–Trinajstić information content (AvgIpc) is 2.53. The number of aliphatic hydroxyl groups excluding tert-OH is 2. The lowest BCUT2D eigenvalue weighted by molar-refractivity contribution is -0.132. The van der Waals surface area contributed by atoms with Gasteiger partial charge in [-0.15, -0.1) is 0 Å². The number of aromatic nitrogens is 2. The number of carbonyl (C=O) groups excluding carboxylic acids is 1. The van der Waals surface area contributed by atoms with Crippen LogP contribution >= 0.6 is 0 Å². The van der Waals surface area contributed by atoms with Crippen molar-refractivity contribution in [1.29, 1.82) is 0 Å². The molecule has 12 heavy (non-hydrogen) atoms. The monoisotopic (exact) mass is 171 g/mol. The van der Waals surface area contributed by atoms with Gasteiger partial charge in [0, 0.05) is 12.4 Å². The van der Waals surface area contributed by atoms with Crippen LogP contribution in [0.2, 0.25) is 0 Å². The highest BCUT2D eigenvalue weighted by Gasteiger charge is 2.24. The standard InChI is InChI=1S/C6H9N3O3/c7-5(12)3(10)4(11)6-8-1-2-9-6/h1-4,10-11H,(H2,7,12)(H,8,9). The molecule has 1 rings (SSSR count). The second-order valence-electron chi connectivity index (χ2n) is 2.27. The van der Waals surface area contributed by atoms with Gasteiger partial charge in [-0.3, -0.25) is 4.79 Å². The van der Waals surface area contributed by atoms with E-state index in [2.05, 4.69) is 9.97 Å². The Morgan fingerprint density at radius 3 is 2.75 bits per heavy atom. The second-order valence-corrected chi connectivity index (χ2v) is 2.27. The van der Waals surface area contributed by atoms with Crippen molar-refractivity contribution < 1.29 is 15.0 Å². The number of nitrogens with two attached hydrogens (primary N) is 1. The number of hydrogen-bond acceptors (Lipinski definition) is 4. The molecule has 0 saturated heterocycles. The van der Waals surface area contributed by atoms with E-state index in [0.717, 1.165) is 0 Å². The molecule has 1 amide bonds. The van der Waals surface area contributed by atoms with E-state index < -0.39 is 18.1 Å². The van der Waals surface area contributed by atoms with Crippen molar-refractivity contribution in [3.63, 3.8) is 0 Å². The molecule has 0 bridgehead atoms. The van der Waals surface area contributed by atoms with Crippen LogP contribution < -0.4 is 5.73 Å². The summed E-state index contributed by atoms with van der Waals surface area (Å²) in [6.07, 6.45) is -0.160. The summed E-state index contributed by atoms with van der Waals surface area (Å²) >= 11 is 0. The first-order valence-corrected chi connectivity index (χ1v) is 3.27. The minimum absolute atomic E-state index is 0.112. The van der Waals surface area contributed by atoms with E-state index in [1.54, 1.807) is 0 Å². The molecule has 66 valence electrons. The fourth-order valence-corrected chi connectivity index (χ4v) is 0.744. The predicted molar refractivity (Wildman–Crippen MR) is 38.7 cm³/mol. The van der Waals surface area contributed by atoms with Crippen molar-refractivity contribution in [2.24, 2.45) is 5.73 Å². The fourth-order valence-electron chi connectivity index (χ4n) is 0.744. The lowest BCUT2D eigenvalue weighted by atomic mass is 10.2. The average molecular weight is 171 g/mol. The minimum Gasteiger partial charge on any atom is -0.382 e. The topological polar surface area (TPSA) is 112 Å². The third-order valence-electron chi connectivity index (χ3n) is 1.39. The van der Waals surface area contributed by atoms with Crippen LogP contribution in [0.15, 0.2) is 12.4 Å². The Labute approximate surface area is 68.0 Å². The van der Waals surface area contributed by atoms with E-state index in [1.165, 1.54) is 12.4 Å². The maximum absolute atomic E-state index is 10.4. The molecular formula is C6H9N3O3. The number of primary amides is 1. The Kier molecular flexibility index (Phi) is 2.41. The molecule has 0 fully saturated rings. The van der Waals surface area contributed by atoms with Gasteiger partial charge >= 0.3 is 0 Å². The SMILES string of the molecule is NC(=O)C(O)C(O)c1ncc[nH]1. The van der Waals surface area contributed by atoms with Gasteiger partial charge in [0.15, 0.2) is 6.10 Å². The highest BCUT2D eigenvalue weighted by molar-refractivity contribution is 5.79. The highest BCUT2D eigenvalue weighted by Crippen LogP contribution is 2.10. The first-order valence-electron chi connectivity index (χ1n) is 3.27. The maximum Gasteiger partial charge on any atom is 0.249 e. The molecule has 2 unspecified atom stereocenters. The van der Waals surface area contributed by atoms with E-state index in [0.29, 0.717) is 0 Å². The van der Waals surface area contributed by atoms with Crippen LogP contribution in [0.25, 0.3) is 0 Å². The molecule has 1 heterocycles. The largest absolute Gasteiger partial charge is 0.382 e. The van der Waals surface area contributed by atoms with Gasteiger partial charge in [-0.1, -0.05) is 0 Å².